The number of rotatable bonds is 8. The fraction of sp³-hybridized carbons (Fsp3) is 0.929. The molecule has 1 aliphatic heterocycles. The lowest BCUT2D eigenvalue weighted by Crippen LogP contribution is -2.39. The molecule has 4 heteroatoms. The number of hydrogen-bond acceptors (Lipinski definition) is 3. The molecule has 1 aliphatic rings. The van der Waals surface area contributed by atoms with Crippen molar-refractivity contribution in [1.29, 1.82) is 0 Å². The number of nitrogens with zero attached hydrogens (tertiary/aromatic N) is 1. The molecule has 1 atom stereocenters. The van der Waals surface area contributed by atoms with Gasteiger partial charge in [-0.3, -0.25) is 4.79 Å². The monoisotopic (exact) mass is 255 g/mol. The van der Waals surface area contributed by atoms with Gasteiger partial charge in [-0.05, 0) is 57.8 Å². The Morgan fingerprint density at radius 3 is 2.89 bits per heavy atom. The summed E-state index contributed by atoms with van der Waals surface area (Å²) in [6.07, 6.45) is 5.48. The first-order valence-electron chi connectivity index (χ1n) is 7.40. The van der Waals surface area contributed by atoms with E-state index in [4.69, 9.17) is 0 Å². The summed E-state index contributed by atoms with van der Waals surface area (Å²) >= 11 is 0. The van der Waals surface area contributed by atoms with Crippen LogP contribution in [0.4, 0.5) is 0 Å². The highest BCUT2D eigenvalue weighted by Crippen LogP contribution is 2.12. The molecule has 0 aliphatic carbocycles. The Labute approximate surface area is 111 Å². The van der Waals surface area contributed by atoms with E-state index in [2.05, 4.69) is 22.5 Å². The van der Waals surface area contributed by atoms with Crippen LogP contribution in [0, 0.1) is 5.92 Å². The van der Waals surface area contributed by atoms with E-state index in [1.165, 1.54) is 32.4 Å². The van der Waals surface area contributed by atoms with E-state index in [0.717, 1.165) is 32.0 Å². The minimum atomic E-state index is 0.158. The Balaban J connectivity index is 2.22. The standard InChI is InChI=1S/C14H29N3O/c1-3-9-17(10-5-7-14(18)15-2)12-13-6-4-8-16-11-13/h13,16H,3-12H2,1-2H3,(H,15,18). The van der Waals surface area contributed by atoms with E-state index >= 15 is 0 Å². The van der Waals surface area contributed by atoms with Gasteiger partial charge in [-0.1, -0.05) is 6.92 Å². The Morgan fingerprint density at radius 2 is 2.28 bits per heavy atom. The summed E-state index contributed by atoms with van der Waals surface area (Å²) in [5.74, 6) is 0.955. The van der Waals surface area contributed by atoms with Gasteiger partial charge in [0.15, 0.2) is 0 Å². The molecule has 0 saturated carbocycles. The molecule has 0 aromatic rings. The van der Waals surface area contributed by atoms with Gasteiger partial charge in [0.05, 0.1) is 0 Å². The van der Waals surface area contributed by atoms with Gasteiger partial charge >= 0.3 is 0 Å². The molecule has 0 spiro atoms. The molecule has 0 radical (unpaired) electrons. The number of carbonyl (C=O) groups is 1. The van der Waals surface area contributed by atoms with Gasteiger partial charge in [-0.15, -0.1) is 0 Å². The molecular weight excluding hydrogens is 226 g/mol. The van der Waals surface area contributed by atoms with Crippen LogP contribution in [0.3, 0.4) is 0 Å². The summed E-state index contributed by atoms with van der Waals surface area (Å²) in [5.41, 5.74) is 0. The van der Waals surface area contributed by atoms with Crippen LogP contribution in [0.1, 0.15) is 39.0 Å². The maximum Gasteiger partial charge on any atom is 0.219 e. The topological polar surface area (TPSA) is 44.4 Å². The largest absolute Gasteiger partial charge is 0.359 e. The fourth-order valence-electron chi connectivity index (χ4n) is 2.64. The third kappa shape index (κ3) is 6.36. The molecule has 1 rings (SSSR count). The molecule has 2 N–H and O–H groups in total. The second-order valence-electron chi connectivity index (χ2n) is 5.29. The fourth-order valence-corrected chi connectivity index (χ4v) is 2.64. The van der Waals surface area contributed by atoms with Gasteiger partial charge in [0.1, 0.15) is 0 Å². The zero-order chi connectivity index (χ0) is 13.2. The van der Waals surface area contributed by atoms with Crippen LogP contribution in [0.5, 0.6) is 0 Å². The second-order valence-corrected chi connectivity index (χ2v) is 5.29. The molecule has 106 valence electrons. The number of hydrogen-bond donors (Lipinski definition) is 2. The number of nitrogens with one attached hydrogen (secondary N) is 2. The van der Waals surface area contributed by atoms with Gasteiger partial charge in [0.2, 0.25) is 5.91 Å². The van der Waals surface area contributed by atoms with Crippen LogP contribution in [-0.2, 0) is 4.79 Å². The second kappa shape index (κ2) is 9.34. The summed E-state index contributed by atoms with van der Waals surface area (Å²) in [4.78, 5) is 13.7. The lowest BCUT2D eigenvalue weighted by molar-refractivity contribution is -0.120. The number of amides is 1. The van der Waals surface area contributed by atoms with E-state index in [9.17, 15) is 4.79 Å². The predicted molar refractivity (Wildman–Crippen MR) is 75.6 cm³/mol. The summed E-state index contributed by atoms with van der Waals surface area (Å²) in [6, 6.07) is 0. The minimum absolute atomic E-state index is 0.158. The smallest absolute Gasteiger partial charge is 0.219 e. The van der Waals surface area contributed by atoms with E-state index in [-0.39, 0.29) is 5.91 Å². The van der Waals surface area contributed by atoms with Crippen LogP contribution in [-0.4, -0.2) is 50.6 Å². The zero-order valence-electron chi connectivity index (χ0n) is 12.0. The zero-order valence-corrected chi connectivity index (χ0v) is 12.0. The highest BCUT2D eigenvalue weighted by molar-refractivity contribution is 5.75. The SMILES string of the molecule is CCCN(CCCC(=O)NC)CC1CCCNC1. The van der Waals surface area contributed by atoms with E-state index in [1.54, 1.807) is 7.05 Å². The summed E-state index contributed by atoms with van der Waals surface area (Å²) in [5, 5.41) is 6.16. The molecule has 4 nitrogen and oxygen atoms in total. The Bertz CT molecular complexity index is 227. The molecule has 0 aromatic carbocycles. The van der Waals surface area contributed by atoms with E-state index in [1.807, 2.05) is 0 Å². The van der Waals surface area contributed by atoms with Gasteiger partial charge in [0, 0.05) is 20.0 Å². The normalized spacial score (nSPS) is 20.1. The third-order valence-electron chi connectivity index (χ3n) is 3.61. The van der Waals surface area contributed by atoms with Crippen LogP contribution in [0.15, 0.2) is 0 Å². The highest BCUT2D eigenvalue weighted by Gasteiger charge is 2.16. The Kier molecular flexibility index (Phi) is 8.01. The average molecular weight is 255 g/mol. The molecule has 0 bridgehead atoms. The minimum Gasteiger partial charge on any atom is -0.359 e. The van der Waals surface area contributed by atoms with Crippen molar-refractivity contribution in [3.8, 4) is 0 Å². The van der Waals surface area contributed by atoms with E-state index < -0.39 is 0 Å². The van der Waals surface area contributed by atoms with Crippen LogP contribution >= 0.6 is 0 Å². The number of carbonyl (C=O) groups excluding carboxylic acids is 1. The summed E-state index contributed by atoms with van der Waals surface area (Å²) < 4.78 is 0. The summed E-state index contributed by atoms with van der Waals surface area (Å²) in [6.45, 7) is 7.97. The first-order valence-corrected chi connectivity index (χ1v) is 7.40. The van der Waals surface area contributed by atoms with Crippen LogP contribution < -0.4 is 10.6 Å². The lowest BCUT2D eigenvalue weighted by atomic mass is 9.99. The van der Waals surface area contributed by atoms with Crippen molar-refractivity contribution < 1.29 is 4.79 Å². The number of piperidine rings is 1. The molecule has 18 heavy (non-hydrogen) atoms. The third-order valence-corrected chi connectivity index (χ3v) is 3.61. The van der Waals surface area contributed by atoms with Crippen molar-refractivity contribution >= 4 is 5.91 Å². The summed E-state index contributed by atoms with van der Waals surface area (Å²) in [7, 11) is 1.71. The molecule has 0 aromatic heterocycles. The maximum absolute atomic E-state index is 11.2. The molecule has 1 fully saturated rings. The van der Waals surface area contributed by atoms with Crippen molar-refractivity contribution in [3.05, 3.63) is 0 Å². The molecule has 1 heterocycles. The van der Waals surface area contributed by atoms with Gasteiger partial charge < -0.3 is 15.5 Å². The van der Waals surface area contributed by atoms with Crippen molar-refractivity contribution in [2.45, 2.75) is 39.0 Å². The van der Waals surface area contributed by atoms with Crippen molar-refractivity contribution in [2.24, 2.45) is 5.92 Å². The van der Waals surface area contributed by atoms with Gasteiger partial charge in [-0.2, -0.15) is 0 Å². The highest BCUT2D eigenvalue weighted by atomic mass is 16.1. The first kappa shape index (κ1) is 15.4. The van der Waals surface area contributed by atoms with Gasteiger partial charge in [-0.25, -0.2) is 0 Å². The average Bonchev–Trinajstić information content (AvgIpc) is 2.40. The molecule has 1 amide bonds. The van der Waals surface area contributed by atoms with Crippen molar-refractivity contribution in [3.63, 3.8) is 0 Å². The Morgan fingerprint density at radius 1 is 1.44 bits per heavy atom. The van der Waals surface area contributed by atoms with Gasteiger partial charge in [0.25, 0.3) is 0 Å². The molecule has 1 unspecified atom stereocenters. The maximum atomic E-state index is 11.2. The lowest BCUT2D eigenvalue weighted by Gasteiger charge is -2.30. The Hall–Kier alpha value is -0.610. The molecule has 1 saturated heterocycles. The first-order chi connectivity index (χ1) is 8.76. The predicted octanol–water partition coefficient (Wildman–Crippen LogP) is 1.22. The molecular formula is C14H29N3O. The van der Waals surface area contributed by atoms with E-state index in [0.29, 0.717) is 6.42 Å². The van der Waals surface area contributed by atoms with Crippen molar-refractivity contribution in [2.75, 3.05) is 39.8 Å². The van der Waals surface area contributed by atoms with Crippen LogP contribution in [0.25, 0.3) is 0 Å². The quantitative estimate of drug-likeness (QED) is 0.685. The van der Waals surface area contributed by atoms with Crippen LogP contribution in [0.2, 0.25) is 0 Å². The van der Waals surface area contributed by atoms with Crippen molar-refractivity contribution in [1.82, 2.24) is 15.5 Å².